The van der Waals surface area contributed by atoms with Gasteiger partial charge in [-0.2, -0.15) is 5.26 Å². The first kappa shape index (κ1) is 47.4. The Balaban J connectivity index is 1.08. The molecule has 62 heavy (non-hydrogen) atoms. The van der Waals surface area contributed by atoms with E-state index in [0.29, 0.717) is 102 Å². The summed E-state index contributed by atoms with van der Waals surface area (Å²) in [4.78, 5) is 90.0. The molecule has 3 saturated heterocycles. The highest BCUT2D eigenvalue weighted by Gasteiger charge is 2.47. The third kappa shape index (κ3) is 14.5. The van der Waals surface area contributed by atoms with Gasteiger partial charge in [-0.05, 0) is 30.7 Å². The smallest absolute Gasteiger partial charge is 0.317 e. The Morgan fingerprint density at radius 2 is 1.29 bits per heavy atom. The Labute approximate surface area is 357 Å². The lowest BCUT2D eigenvalue weighted by Crippen LogP contribution is -2.53. The van der Waals surface area contributed by atoms with E-state index in [9.17, 15) is 58.1 Å². The van der Waals surface area contributed by atoms with Gasteiger partial charge in [0.1, 0.15) is 11.8 Å². The highest BCUT2D eigenvalue weighted by Crippen LogP contribution is 2.31. The molecule has 3 fully saturated rings. The third-order valence-electron chi connectivity index (χ3n) is 11.1. The number of benzene rings is 1. The number of piperazine rings is 1. The van der Waals surface area contributed by atoms with Crippen LogP contribution in [0.2, 0.25) is 0 Å². The molecule has 338 valence electrons. The molecule has 2 aromatic rings. The zero-order chi connectivity index (χ0) is 44.8. The fraction of sp³-hybridized carbons (Fsp3) is 0.600. The molecule has 0 saturated carbocycles. The van der Waals surface area contributed by atoms with Gasteiger partial charge in [0, 0.05) is 103 Å². The quantitative estimate of drug-likeness (QED) is 0.150. The van der Waals surface area contributed by atoms with Crippen LogP contribution in [0.15, 0.2) is 30.5 Å². The number of halogens is 2. The van der Waals surface area contributed by atoms with Crippen LogP contribution in [0.4, 0.5) is 8.78 Å². The number of aliphatic carboxylic acids is 3. The van der Waals surface area contributed by atoms with Crippen LogP contribution >= 0.6 is 0 Å². The Morgan fingerprint density at radius 1 is 0.758 bits per heavy atom. The summed E-state index contributed by atoms with van der Waals surface area (Å²) in [7, 11) is 0. The van der Waals surface area contributed by atoms with Crippen LogP contribution in [-0.4, -0.2) is 233 Å². The number of ether oxygens (including phenoxy) is 1. The summed E-state index contributed by atoms with van der Waals surface area (Å²) in [6, 6.07) is 7.01. The zero-order valence-corrected chi connectivity index (χ0v) is 34.5. The van der Waals surface area contributed by atoms with E-state index in [1.165, 1.54) is 12.3 Å². The summed E-state index contributed by atoms with van der Waals surface area (Å²) in [5.41, 5.74) is 0.709. The van der Waals surface area contributed by atoms with Crippen LogP contribution in [0.5, 0.6) is 5.75 Å². The highest BCUT2D eigenvalue weighted by molar-refractivity contribution is 6.07. The number of nitrogens with one attached hydrogen (secondary N) is 1. The number of fused-ring (bicyclic) bond motifs is 1. The summed E-state index contributed by atoms with van der Waals surface area (Å²) in [5.74, 6) is -7.24. The van der Waals surface area contributed by atoms with Gasteiger partial charge in [-0.1, -0.05) is 0 Å². The first-order chi connectivity index (χ1) is 29.6. The Kier molecular flexibility index (Phi) is 17.2. The standard InChI is InChI=1S/C40H54F2N10O10/c41-40(42)21-29(22-43)52(28-40)34(53)23-45-39(61)31-4-5-44-33-3-2-30(20-32(31)33)62-19-1-6-46-15-17-51(18-16-46)35(54)24-47-7-9-48(25-36(55)56)11-13-50(27-38(59)60)14-12-49(10-8-47)26-37(57)58/h2-5,20,29H,1,6-19,21,23-28H2,(H,45,61)(H,55,56)(H,57,58)(H,59,60)/t29-/m0/s1. The lowest BCUT2D eigenvalue weighted by molar-refractivity contribution is -0.141. The van der Waals surface area contributed by atoms with Gasteiger partial charge in [0.25, 0.3) is 11.8 Å². The van der Waals surface area contributed by atoms with Crippen molar-refractivity contribution in [2.75, 3.05) is 131 Å². The fourth-order valence-electron chi connectivity index (χ4n) is 7.74. The number of hydrogen-bond acceptors (Lipinski definition) is 14. The van der Waals surface area contributed by atoms with Crippen molar-refractivity contribution in [3.63, 3.8) is 0 Å². The molecule has 20 nitrogen and oxygen atoms in total. The van der Waals surface area contributed by atoms with Crippen molar-refractivity contribution >= 4 is 46.5 Å². The SMILES string of the molecule is N#C[C@@H]1CC(F)(F)CN1C(=O)CNC(=O)c1ccnc2ccc(OCCCN3CCN(C(=O)CN4CCN(CC(=O)O)CCN(CC(=O)O)CCN(CC(=O)O)CC4)CC3)cc12. The van der Waals surface area contributed by atoms with Gasteiger partial charge in [0.15, 0.2) is 0 Å². The van der Waals surface area contributed by atoms with Crippen molar-refractivity contribution in [2.45, 2.75) is 24.8 Å². The highest BCUT2D eigenvalue weighted by atomic mass is 19.3. The average Bonchev–Trinajstić information content (AvgIpc) is 3.55. The van der Waals surface area contributed by atoms with E-state index in [2.05, 4.69) is 15.2 Å². The molecule has 0 bridgehead atoms. The molecule has 1 aromatic carbocycles. The average molecular weight is 873 g/mol. The second kappa shape index (κ2) is 22.5. The molecule has 1 aromatic heterocycles. The minimum atomic E-state index is -3.17. The molecule has 4 N–H and O–H groups in total. The number of carbonyl (C=O) groups excluding carboxylic acids is 3. The van der Waals surface area contributed by atoms with Gasteiger partial charge in [0.2, 0.25) is 11.8 Å². The van der Waals surface area contributed by atoms with Crippen LogP contribution in [-0.2, 0) is 24.0 Å². The zero-order valence-electron chi connectivity index (χ0n) is 34.5. The van der Waals surface area contributed by atoms with Gasteiger partial charge >= 0.3 is 17.9 Å². The number of alkyl halides is 2. The number of aromatic nitrogens is 1. The minimum Gasteiger partial charge on any atom is -0.494 e. The summed E-state index contributed by atoms with van der Waals surface area (Å²) < 4.78 is 33.6. The molecule has 0 radical (unpaired) electrons. The second-order valence-corrected chi connectivity index (χ2v) is 15.7. The fourth-order valence-corrected chi connectivity index (χ4v) is 7.74. The van der Waals surface area contributed by atoms with Crippen molar-refractivity contribution in [1.29, 1.82) is 5.26 Å². The van der Waals surface area contributed by atoms with E-state index >= 15 is 0 Å². The Morgan fingerprint density at radius 3 is 1.82 bits per heavy atom. The molecule has 0 aliphatic carbocycles. The number of carbonyl (C=O) groups is 6. The predicted molar refractivity (Wildman–Crippen MR) is 217 cm³/mol. The molecule has 1 atom stereocenters. The molecule has 22 heteroatoms. The number of amides is 3. The van der Waals surface area contributed by atoms with Crippen molar-refractivity contribution in [3.8, 4) is 11.8 Å². The second-order valence-electron chi connectivity index (χ2n) is 15.7. The molecule has 5 rings (SSSR count). The topological polar surface area (TPSA) is 244 Å². The lowest BCUT2D eigenvalue weighted by atomic mass is 10.1. The molecule has 0 unspecified atom stereocenters. The van der Waals surface area contributed by atoms with E-state index in [1.54, 1.807) is 43.9 Å². The number of likely N-dealkylation sites (tertiary alicyclic amines) is 1. The van der Waals surface area contributed by atoms with E-state index in [-0.39, 0.29) is 50.7 Å². The van der Waals surface area contributed by atoms with E-state index in [1.807, 2.05) is 4.90 Å². The predicted octanol–water partition coefficient (Wildman–Crippen LogP) is -0.887. The van der Waals surface area contributed by atoms with Crippen molar-refractivity contribution < 1.29 is 57.6 Å². The van der Waals surface area contributed by atoms with E-state index < -0.39 is 61.2 Å². The maximum Gasteiger partial charge on any atom is 0.317 e. The van der Waals surface area contributed by atoms with Gasteiger partial charge in [0.05, 0.1) is 63.0 Å². The number of carboxylic acid groups (broad SMARTS) is 3. The first-order valence-electron chi connectivity index (χ1n) is 20.5. The summed E-state index contributed by atoms with van der Waals surface area (Å²) >= 11 is 0. The number of nitriles is 1. The molecule has 3 amide bonds. The van der Waals surface area contributed by atoms with Crippen LogP contribution in [0, 0.1) is 11.3 Å². The van der Waals surface area contributed by atoms with Crippen LogP contribution in [0.25, 0.3) is 10.9 Å². The minimum absolute atomic E-state index is 0.0758. The van der Waals surface area contributed by atoms with Gasteiger partial charge in [-0.25, -0.2) is 8.78 Å². The summed E-state index contributed by atoms with van der Waals surface area (Å²) in [6.07, 6.45) is 1.35. The van der Waals surface area contributed by atoms with E-state index in [0.717, 1.165) is 4.90 Å². The molecular formula is C40H54F2N10O10. The maximum absolute atomic E-state index is 13.8. The normalized spacial score (nSPS) is 20.2. The lowest BCUT2D eigenvalue weighted by Gasteiger charge is -2.37. The number of carboxylic acids is 3. The number of nitrogens with zero attached hydrogens (tertiary/aromatic N) is 9. The van der Waals surface area contributed by atoms with Crippen molar-refractivity contribution in [3.05, 3.63) is 36.0 Å². The molecule has 4 heterocycles. The molecule has 3 aliphatic heterocycles. The maximum atomic E-state index is 13.8. The van der Waals surface area contributed by atoms with Crippen LogP contribution < -0.4 is 10.1 Å². The largest absolute Gasteiger partial charge is 0.494 e. The number of rotatable bonds is 16. The summed E-state index contributed by atoms with van der Waals surface area (Å²) in [6.45, 7) is 3.73. The number of pyridine rings is 1. The summed E-state index contributed by atoms with van der Waals surface area (Å²) in [5, 5.41) is 40.5. The van der Waals surface area contributed by atoms with Crippen molar-refractivity contribution in [2.24, 2.45) is 0 Å². The van der Waals surface area contributed by atoms with Crippen molar-refractivity contribution in [1.82, 2.24) is 44.6 Å². The molecule has 3 aliphatic rings. The molecular weight excluding hydrogens is 818 g/mol. The van der Waals surface area contributed by atoms with E-state index in [4.69, 9.17) is 4.74 Å². The molecule has 0 spiro atoms. The number of hydrogen-bond donors (Lipinski definition) is 4. The monoisotopic (exact) mass is 872 g/mol. The van der Waals surface area contributed by atoms with Gasteiger partial charge < -0.3 is 35.2 Å². The van der Waals surface area contributed by atoms with Crippen LogP contribution in [0.1, 0.15) is 23.2 Å². The first-order valence-corrected chi connectivity index (χ1v) is 20.5. The Bertz CT molecular complexity index is 1930. The van der Waals surface area contributed by atoms with Gasteiger partial charge in [-0.3, -0.25) is 58.3 Å². The van der Waals surface area contributed by atoms with Gasteiger partial charge in [-0.15, -0.1) is 0 Å². The third-order valence-corrected chi connectivity index (χ3v) is 11.1. The van der Waals surface area contributed by atoms with Crippen LogP contribution in [0.3, 0.4) is 0 Å². The Hall–Kier alpha value is -5.60.